The summed E-state index contributed by atoms with van der Waals surface area (Å²) in [7, 11) is 1.30. The van der Waals surface area contributed by atoms with Crippen molar-refractivity contribution >= 4 is 11.9 Å². The lowest BCUT2D eigenvalue weighted by atomic mass is 10.0. The third-order valence-electron chi connectivity index (χ3n) is 2.15. The Labute approximate surface area is 80.4 Å². The summed E-state index contributed by atoms with van der Waals surface area (Å²) in [5, 5.41) is 0. The standard InChI is InChI=1S/C10H8O4/c1-13-9(11)6-3-2-4-7-8(6)5-14-10(7)12/h2-4H,5H2,1H3. The van der Waals surface area contributed by atoms with Crippen LogP contribution in [0.2, 0.25) is 0 Å². The van der Waals surface area contributed by atoms with Crippen LogP contribution in [-0.4, -0.2) is 19.0 Å². The summed E-state index contributed by atoms with van der Waals surface area (Å²) >= 11 is 0. The summed E-state index contributed by atoms with van der Waals surface area (Å²) in [4.78, 5) is 22.4. The molecule has 0 bridgehead atoms. The zero-order valence-electron chi connectivity index (χ0n) is 7.57. The summed E-state index contributed by atoms with van der Waals surface area (Å²) in [6, 6.07) is 4.89. The normalized spacial score (nSPS) is 13.4. The lowest BCUT2D eigenvalue weighted by Crippen LogP contribution is -2.05. The minimum Gasteiger partial charge on any atom is -0.465 e. The van der Waals surface area contributed by atoms with Crippen LogP contribution in [0, 0.1) is 0 Å². The molecule has 1 aliphatic heterocycles. The van der Waals surface area contributed by atoms with Gasteiger partial charge in [0.05, 0.1) is 18.2 Å². The first-order valence-electron chi connectivity index (χ1n) is 4.11. The number of hydrogen-bond acceptors (Lipinski definition) is 4. The van der Waals surface area contributed by atoms with E-state index in [1.54, 1.807) is 18.2 Å². The number of methoxy groups -OCH3 is 1. The first-order chi connectivity index (χ1) is 6.74. The van der Waals surface area contributed by atoms with Crippen molar-refractivity contribution in [1.82, 2.24) is 0 Å². The third kappa shape index (κ3) is 1.16. The first-order valence-corrected chi connectivity index (χ1v) is 4.11. The van der Waals surface area contributed by atoms with Gasteiger partial charge >= 0.3 is 11.9 Å². The Hall–Kier alpha value is -1.84. The molecule has 0 N–H and O–H groups in total. The van der Waals surface area contributed by atoms with Gasteiger partial charge in [0.15, 0.2) is 0 Å². The first kappa shape index (κ1) is 8.74. The lowest BCUT2D eigenvalue weighted by molar-refractivity contribution is 0.0525. The van der Waals surface area contributed by atoms with E-state index >= 15 is 0 Å². The third-order valence-corrected chi connectivity index (χ3v) is 2.15. The second-order valence-electron chi connectivity index (χ2n) is 2.90. The van der Waals surface area contributed by atoms with Gasteiger partial charge in [0.25, 0.3) is 0 Å². The Morgan fingerprint density at radius 3 is 3.00 bits per heavy atom. The van der Waals surface area contributed by atoms with Crippen molar-refractivity contribution in [1.29, 1.82) is 0 Å². The van der Waals surface area contributed by atoms with Crippen LogP contribution in [0.15, 0.2) is 18.2 Å². The summed E-state index contributed by atoms with van der Waals surface area (Å²) in [6.45, 7) is 0.152. The van der Waals surface area contributed by atoms with E-state index in [-0.39, 0.29) is 12.6 Å². The van der Waals surface area contributed by atoms with Gasteiger partial charge in [0.2, 0.25) is 0 Å². The highest BCUT2D eigenvalue weighted by Crippen LogP contribution is 2.23. The topological polar surface area (TPSA) is 52.6 Å². The summed E-state index contributed by atoms with van der Waals surface area (Å²) < 4.78 is 9.40. The fourth-order valence-corrected chi connectivity index (χ4v) is 1.45. The molecule has 1 aromatic carbocycles. The van der Waals surface area contributed by atoms with Crippen LogP contribution in [-0.2, 0) is 16.1 Å². The van der Waals surface area contributed by atoms with E-state index in [1.807, 2.05) is 0 Å². The molecule has 0 spiro atoms. The molecule has 0 atom stereocenters. The quantitative estimate of drug-likeness (QED) is 0.626. The number of ether oxygens (including phenoxy) is 2. The van der Waals surface area contributed by atoms with E-state index in [1.165, 1.54) is 7.11 Å². The number of rotatable bonds is 1. The van der Waals surface area contributed by atoms with Gasteiger partial charge in [-0.25, -0.2) is 9.59 Å². The average Bonchev–Trinajstić information content (AvgIpc) is 2.59. The van der Waals surface area contributed by atoms with Crippen molar-refractivity contribution in [2.45, 2.75) is 6.61 Å². The van der Waals surface area contributed by atoms with Crippen LogP contribution < -0.4 is 0 Å². The molecule has 1 aliphatic rings. The zero-order valence-corrected chi connectivity index (χ0v) is 7.57. The maximum absolute atomic E-state index is 11.3. The van der Waals surface area contributed by atoms with E-state index in [9.17, 15) is 9.59 Å². The van der Waals surface area contributed by atoms with Crippen molar-refractivity contribution in [2.75, 3.05) is 7.11 Å². The van der Waals surface area contributed by atoms with E-state index in [2.05, 4.69) is 4.74 Å². The van der Waals surface area contributed by atoms with Gasteiger partial charge in [-0.15, -0.1) is 0 Å². The molecule has 2 rings (SSSR count). The molecule has 72 valence electrons. The number of cyclic esters (lactones) is 1. The lowest BCUT2D eigenvalue weighted by Gasteiger charge is -2.02. The molecular formula is C10H8O4. The predicted octanol–water partition coefficient (Wildman–Crippen LogP) is 1.14. The maximum atomic E-state index is 11.3. The molecule has 4 heteroatoms. The molecule has 0 aromatic heterocycles. The molecule has 14 heavy (non-hydrogen) atoms. The fraction of sp³-hybridized carbons (Fsp3) is 0.200. The van der Waals surface area contributed by atoms with E-state index < -0.39 is 5.97 Å². The van der Waals surface area contributed by atoms with E-state index in [0.29, 0.717) is 16.7 Å². The van der Waals surface area contributed by atoms with Gasteiger partial charge in [-0.2, -0.15) is 0 Å². The monoisotopic (exact) mass is 192 g/mol. The molecule has 0 unspecified atom stereocenters. The van der Waals surface area contributed by atoms with Crippen LogP contribution in [0.1, 0.15) is 26.3 Å². The maximum Gasteiger partial charge on any atom is 0.338 e. The highest BCUT2D eigenvalue weighted by Gasteiger charge is 2.26. The second-order valence-corrected chi connectivity index (χ2v) is 2.90. The van der Waals surface area contributed by atoms with Gasteiger partial charge in [-0.3, -0.25) is 0 Å². The number of carbonyl (C=O) groups is 2. The predicted molar refractivity (Wildman–Crippen MR) is 46.9 cm³/mol. The molecule has 0 saturated carbocycles. The van der Waals surface area contributed by atoms with Gasteiger partial charge in [0.1, 0.15) is 6.61 Å². The van der Waals surface area contributed by atoms with Gasteiger partial charge in [-0.05, 0) is 12.1 Å². The van der Waals surface area contributed by atoms with Crippen LogP contribution in [0.3, 0.4) is 0 Å². The Balaban J connectivity index is 2.54. The molecular weight excluding hydrogens is 184 g/mol. The Kier molecular flexibility index (Phi) is 1.96. The van der Waals surface area contributed by atoms with E-state index in [4.69, 9.17) is 4.74 Å². The summed E-state index contributed by atoms with van der Waals surface area (Å²) in [6.07, 6.45) is 0. The molecule has 4 nitrogen and oxygen atoms in total. The van der Waals surface area contributed by atoms with Crippen LogP contribution in [0.25, 0.3) is 0 Å². The minimum absolute atomic E-state index is 0.152. The van der Waals surface area contributed by atoms with Gasteiger partial charge in [0, 0.05) is 5.56 Å². The summed E-state index contributed by atoms with van der Waals surface area (Å²) in [5.41, 5.74) is 1.47. The molecule has 1 aromatic rings. The molecule has 0 fully saturated rings. The van der Waals surface area contributed by atoms with Gasteiger partial charge < -0.3 is 9.47 Å². The second kappa shape index (κ2) is 3.14. The Bertz CT molecular complexity index is 409. The van der Waals surface area contributed by atoms with E-state index in [0.717, 1.165) is 0 Å². The van der Waals surface area contributed by atoms with Crippen molar-refractivity contribution in [2.24, 2.45) is 0 Å². The van der Waals surface area contributed by atoms with Crippen LogP contribution >= 0.6 is 0 Å². The van der Waals surface area contributed by atoms with Crippen molar-refractivity contribution < 1.29 is 19.1 Å². The number of esters is 2. The Morgan fingerprint density at radius 2 is 2.29 bits per heavy atom. The van der Waals surface area contributed by atoms with Crippen molar-refractivity contribution in [3.63, 3.8) is 0 Å². The fourth-order valence-electron chi connectivity index (χ4n) is 1.45. The minimum atomic E-state index is -0.444. The molecule has 0 aliphatic carbocycles. The van der Waals surface area contributed by atoms with Crippen molar-refractivity contribution in [3.8, 4) is 0 Å². The van der Waals surface area contributed by atoms with Crippen LogP contribution in [0.4, 0.5) is 0 Å². The number of benzene rings is 1. The average molecular weight is 192 g/mol. The van der Waals surface area contributed by atoms with Gasteiger partial charge in [-0.1, -0.05) is 6.07 Å². The number of carbonyl (C=O) groups excluding carboxylic acids is 2. The smallest absolute Gasteiger partial charge is 0.338 e. The number of fused-ring (bicyclic) bond motifs is 1. The Morgan fingerprint density at radius 1 is 1.50 bits per heavy atom. The van der Waals surface area contributed by atoms with Crippen LogP contribution in [0.5, 0.6) is 0 Å². The molecule has 0 radical (unpaired) electrons. The highest BCUT2D eigenvalue weighted by atomic mass is 16.5. The summed E-state index contributed by atoms with van der Waals surface area (Å²) in [5.74, 6) is -0.828. The largest absolute Gasteiger partial charge is 0.465 e. The highest BCUT2D eigenvalue weighted by molar-refractivity contribution is 5.99. The molecule has 1 heterocycles. The SMILES string of the molecule is COC(=O)c1cccc2c1COC2=O. The molecule has 0 saturated heterocycles. The zero-order chi connectivity index (χ0) is 10.1. The molecule has 0 amide bonds. The van der Waals surface area contributed by atoms with Crippen molar-refractivity contribution in [3.05, 3.63) is 34.9 Å². The number of hydrogen-bond donors (Lipinski definition) is 0.